The highest BCUT2D eigenvalue weighted by Gasteiger charge is 2.40. The summed E-state index contributed by atoms with van der Waals surface area (Å²) in [4.78, 5) is 26.6. The number of carbonyl (C=O) groups is 1. The van der Waals surface area contributed by atoms with Crippen LogP contribution in [0, 0.1) is 11.3 Å². The summed E-state index contributed by atoms with van der Waals surface area (Å²) in [7, 11) is 2.49. The van der Waals surface area contributed by atoms with Gasteiger partial charge in [0.05, 0.1) is 30.0 Å². The summed E-state index contributed by atoms with van der Waals surface area (Å²) in [5, 5.41) is 13.4. The third kappa shape index (κ3) is 4.12. The standard InChI is InChI=1S/C23H18F3N5O4/c1-13-19(35-22(33)34-3)18(15-9-7-14(12-27)8-10-15)31-20(28-29(2)21(31)32)30(13)17-6-4-5-16(11-17)23(24,25)26/h4-11,18H,1-3H3. The Hall–Kier alpha value is -4.53. The molecule has 2 aromatic carbocycles. The van der Waals surface area contributed by atoms with E-state index in [1.807, 2.05) is 6.07 Å². The second kappa shape index (κ2) is 8.68. The molecule has 1 aromatic heterocycles. The van der Waals surface area contributed by atoms with E-state index in [0.717, 1.165) is 23.9 Å². The van der Waals surface area contributed by atoms with Gasteiger partial charge in [0.25, 0.3) is 0 Å². The van der Waals surface area contributed by atoms with Gasteiger partial charge in [0.1, 0.15) is 6.04 Å². The number of fused-ring (bicyclic) bond motifs is 1. The van der Waals surface area contributed by atoms with Gasteiger partial charge in [-0.25, -0.2) is 18.8 Å². The van der Waals surface area contributed by atoms with Crippen molar-refractivity contribution in [3.8, 4) is 6.07 Å². The quantitative estimate of drug-likeness (QED) is 0.512. The largest absolute Gasteiger partial charge is 0.513 e. The second-order valence-electron chi connectivity index (χ2n) is 7.60. The number of allylic oxidation sites excluding steroid dienone is 2. The highest BCUT2D eigenvalue weighted by atomic mass is 19.4. The van der Waals surface area contributed by atoms with Gasteiger partial charge in [-0.05, 0) is 42.8 Å². The van der Waals surface area contributed by atoms with Crippen LogP contribution in [0.15, 0.2) is 64.8 Å². The zero-order valence-electron chi connectivity index (χ0n) is 18.7. The average molecular weight is 485 g/mol. The Labute approximate surface area is 196 Å². The van der Waals surface area contributed by atoms with Crippen LogP contribution in [0.25, 0.3) is 0 Å². The molecule has 0 N–H and O–H groups in total. The first-order chi connectivity index (χ1) is 16.6. The lowest BCUT2D eigenvalue weighted by atomic mass is 10.00. The van der Waals surface area contributed by atoms with Gasteiger partial charge in [0, 0.05) is 12.7 Å². The summed E-state index contributed by atoms with van der Waals surface area (Å²) < 4.78 is 52.6. The number of halogens is 3. The Morgan fingerprint density at radius 2 is 1.86 bits per heavy atom. The van der Waals surface area contributed by atoms with Crippen LogP contribution < -0.4 is 10.6 Å². The predicted octanol–water partition coefficient (Wildman–Crippen LogP) is 4.23. The molecule has 0 spiro atoms. The van der Waals surface area contributed by atoms with E-state index < -0.39 is 29.6 Å². The van der Waals surface area contributed by atoms with Crippen molar-refractivity contribution in [1.29, 1.82) is 5.26 Å². The topological polar surface area (TPSA) is 102 Å². The molecular weight excluding hydrogens is 467 g/mol. The van der Waals surface area contributed by atoms with Crippen molar-refractivity contribution in [1.82, 2.24) is 14.3 Å². The number of nitrogens with zero attached hydrogens (tertiary/aromatic N) is 5. The second-order valence-corrected chi connectivity index (χ2v) is 7.60. The molecule has 12 heteroatoms. The molecule has 2 heterocycles. The van der Waals surface area contributed by atoms with E-state index >= 15 is 0 Å². The fourth-order valence-electron chi connectivity index (χ4n) is 3.85. The lowest BCUT2D eigenvalue weighted by Crippen LogP contribution is -2.37. The summed E-state index contributed by atoms with van der Waals surface area (Å²) in [5.41, 5.74) is -0.412. The van der Waals surface area contributed by atoms with Crippen LogP contribution in [0.1, 0.15) is 29.7 Å². The maximum Gasteiger partial charge on any atom is 0.513 e. The van der Waals surface area contributed by atoms with Crippen LogP contribution in [0.3, 0.4) is 0 Å². The van der Waals surface area contributed by atoms with Crippen LogP contribution in [0.5, 0.6) is 0 Å². The van der Waals surface area contributed by atoms with Crippen molar-refractivity contribution in [2.45, 2.75) is 19.1 Å². The van der Waals surface area contributed by atoms with E-state index in [4.69, 9.17) is 10.00 Å². The van der Waals surface area contributed by atoms with Crippen molar-refractivity contribution < 1.29 is 27.4 Å². The minimum Gasteiger partial charge on any atom is -0.437 e. The predicted molar refractivity (Wildman–Crippen MR) is 117 cm³/mol. The Kier molecular flexibility index (Phi) is 5.86. The van der Waals surface area contributed by atoms with E-state index in [9.17, 15) is 22.8 Å². The number of ether oxygens (including phenoxy) is 2. The minimum absolute atomic E-state index is 0.0147. The van der Waals surface area contributed by atoms with Crippen molar-refractivity contribution in [2.24, 2.45) is 7.05 Å². The van der Waals surface area contributed by atoms with Gasteiger partial charge in [-0.2, -0.15) is 18.4 Å². The van der Waals surface area contributed by atoms with E-state index in [1.165, 1.54) is 47.7 Å². The Balaban J connectivity index is 2.00. The minimum atomic E-state index is -4.61. The fourth-order valence-corrected chi connectivity index (χ4v) is 3.85. The number of rotatable bonds is 3. The summed E-state index contributed by atoms with van der Waals surface area (Å²) in [5.74, 6) is -0.0394. The number of aryl methyl sites for hydroxylation is 1. The number of alkyl halides is 3. The van der Waals surface area contributed by atoms with E-state index in [0.29, 0.717) is 11.1 Å². The number of hydrogen-bond acceptors (Lipinski definition) is 7. The molecule has 0 radical (unpaired) electrons. The van der Waals surface area contributed by atoms with E-state index in [2.05, 4.69) is 9.84 Å². The molecule has 1 unspecified atom stereocenters. The molecule has 180 valence electrons. The van der Waals surface area contributed by atoms with Crippen molar-refractivity contribution in [3.63, 3.8) is 0 Å². The summed E-state index contributed by atoms with van der Waals surface area (Å²) in [6.45, 7) is 1.53. The lowest BCUT2D eigenvalue weighted by molar-refractivity contribution is -0.137. The van der Waals surface area contributed by atoms with Gasteiger partial charge in [0.2, 0.25) is 5.95 Å². The van der Waals surface area contributed by atoms with Gasteiger partial charge >= 0.3 is 18.0 Å². The first-order valence-corrected chi connectivity index (χ1v) is 10.2. The molecule has 9 nitrogen and oxygen atoms in total. The maximum absolute atomic E-state index is 13.4. The zero-order valence-corrected chi connectivity index (χ0v) is 18.7. The maximum atomic E-state index is 13.4. The van der Waals surface area contributed by atoms with Crippen LogP contribution in [0.4, 0.5) is 29.6 Å². The first kappa shape index (κ1) is 23.6. The molecule has 0 saturated heterocycles. The normalized spacial score (nSPS) is 15.5. The van der Waals surface area contributed by atoms with Crippen LogP contribution in [-0.4, -0.2) is 27.6 Å². The average Bonchev–Trinajstić information content (AvgIpc) is 3.12. The SMILES string of the molecule is COC(=O)OC1=C(C)N(c2cccc(C(F)(F)F)c2)c2nn(C)c(=O)n2C1c1ccc(C#N)cc1. The molecule has 1 aliphatic rings. The lowest BCUT2D eigenvalue weighted by Gasteiger charge is -2.35. The number of benzene rings is 2. The van der Waals surface area contributed by atoms with Gasteiger partial charge < -0.3 is 9.47 Å². The van der Waals surface area contributed by atoms with Gasteiger partial charge in [-0.1, -0.05) is 18.2 Å². The molecule has 0 aliphatic carbocycles. The van der Waals surface area contributed by atoms with Crippen LogP contribution >= 0.6 is 0 Å². The molecule has 0 saturated carbocycles. The van der Waals surface area contributed by atoms with Crippen molar-refractivity contribution in [3.05, 3.63) is 87.2 Å². The molecule has 3 aromatic rings. The molecule has 1 atom stereocenters. The fraction of sp³-hybridized carbons (Fsp3) is 0.217. The monoisotopic (exact) mass is 485 g/mol. The summed E-state index contributed by atoms with van der Waals surface area (Å²) in [6, 6.07) is 11.7. The molecule has 1 aliphatic heterocycles. The molecule has 35 heavy (non-hydrogen) atoms. The number of carbonyl (C=O) groups excluding carboxylic acids is 1. The van der Waals surface area contributed by atoms with Gasteiger partial charge in [-0.15, -0.1) is 5.10 Å². The summed E-state index contributed by atoms with van der Waals surface area (Å²) >= 11 is 0. The smallest absolute Gasteiger partial charge is 0.437 e. The molecule has 0 bridgehead atoms. The highest BCUT2D eigenvalue weighted by molar-refractivity contribution is 5.69. The zero-order chi connectivity index (χ0) is 25.5. The molecule has 0 fully saturated rings. The molecule has 4 rings (SSSR count). The van der Waals surface area contributed by atoms with Gasteiger partial charge in [-0.3, -0.25) is 4.90 Å². The van der Waals surface area contributed by atoms with E-state index in [-0.39, 0.29) is 23.1 Å². The van der Waals surface area contributed by atoms with Crippen LogP contribution in [-0.2, 0) is 22.7 Å². The Bertz CT molecular complexity index is 1430. The summed E-state index contributed by atoms with van der Waals surface area (Å²) in [6.07, 6.45) is -5.69. The van der Waals surface area contributed by atoms with Crippen molar-refractivity contribution >= 4 is 17.8 Å². The number of anilines is 2. The van der Waals surface area contributed by atoms with Crippen molar-refractivity contribution in [2.75, 3.05) is 12.0 Å². The Morgan fingerprint density at radius 1 is 1.17 bits per heavy atom. The Morgan fingerprint density at radius 3 is 2.46 bits per heavy atom. The third-order valence-corrected chi connectivity index (χ3v) is 5.48. The van der Waals surface area contributed by atoms with Crippen LogP contribution in [0.2, 0.25) is 0 Å². The molecule has 0 amide bonds. The third-order valence-electron chi connectivity index (χ3n) is 5.48. The number of methoxy groups -OCH3 is 1. The number of aromatic nitrogens is 3. The highest BCUT2D eigenvalue weighted by Crippen LogP contribution is 2.43. The molecular formula is C23H18F3N5O4. The van der Waals surface area contributed by atoms with E-state index in [1.54, 1.807) is 12.1 Å². The number of nitriles is 1. The van der Waals surface area contributed by atoms with Gasteiger partial charge in [0.15, 0.2) is 5.76 Å². The number of hydrogen-bond donors (Lipinski definition) is 0. The first-order valence-electron chi connectivity index (χ1n) is 10.2.